The van der Waals surface area contributed by atoms with E-state index in [1.165, 1.54) is 44.9 Å². The average molecular weight is 253 g/mol. The molecule has 0 aromatic heterocycles. The van der Waals surface area contributed by atoms with Gasteiger partial charge in [-0.1, -0.05) is 39.0 Å². The zero-order chi connectivity index (χ0) is 13.4. The van der Waals surface area contributed by atoms with Gasteiger partial charge in [0.15, 0.2) is 5.78 Å². The first-order valence-electron chi connectivity index (χ1n) is 7.87. The lowest BCUT2D eigenvalue weighted by Crippen LogP contribution is -2.52. The number of carbonyl (C=O) groups is 1. The SMILES string of the molecule is CCCCCCCC(=O)C(C)(C)N1CCCCC1. The van der Waals surface area contributed by atoms with Crippen LogP contribution >= 0.6 is 0 Å². The molecular formula is C16H31NO. The van der Waals surface area contributed by atoms with Crippen LogP contribution in [0.3, 0.4) is 0 Å². The van der Waals surface area contributed by atoms with Crippen LogP contribution in [-0.4, -0.2) is 29.3 Å². The molecule has 0 aromatic carbocycles. The van der Waals surface area contributed by atoms with Gasteiger partial charge in [0.05, 0.1) is 5.54 Å². The van der Waals surface area contributed by atoms with Crippen LogP contribution < -0.4 is 0 Å². The van der Waals surface area contributed by atoms with Crippen molar-refractivity contribution < 1.29 is 4.79 Å². The highest BCUT2D eigenvalue weighted by molar-refractivity contribution is 5.87. The van der Waals surface area contributed by atoms with Gasteiger partial charge in [-0.05, 0) is 46.2 Å². The van der Waals surface area contributed by atoms with Crippen LogP contribution in [0.2, 0.25) is 0 Å². The Hall–Kier alpha value is -0.370. The number of ketones is 1. The maximum absolute atomic E-state index is 12.4. The third-order valence-corrected chi connectivity index (χ3v) is 4.34. The summed E-state index contributed by atoms with van der Waals surface area (Å²) < 4.78 is 0. The average Bonchev–Trinajstić information content (AvgIpc) is 2.39. The first-order valence-corrected chi connectivity index (χ1v) is 7.87. The smallest absolute Gasteiger partial charge is 0.152 e. The highest BCUT2D eigenvalue weighted by Gasteiger charge is 2.33. The van der Waals surface area contributed by atoms with E-state index in [1.807, 2.05) is 0 Å². The number of Topliss-reactive ketones (excluding diaryl/α,β-unsaturated/α-hetero) is 1. The van der Waals surface area contributed by atoms with Crippen molar-refractivity contribution in [3.05, 3.63) is 0 Å². The largest absolute Gasteiger partial charge is 0.298 e. The molecule has 0 amide bonds. The van der Waals surface area contributed by atoms with Gasteiger partial charge in [0.25, 0.3) is 0 Å². The van der Waals surface area contributed by atoms with E-state index < -0.39 is 0 Å². The minimum Gasteiger partial charge on any atom is -0.298 e. The van der Waals surface area contributed by atoms with Crippen LogP contribution in [-0.2, 0) is 4.79 Å². The summed E-state index contributed by atoms with van der Waals surface area (Å²) in [6.45, 7) is 8.67. The minimum atomic E-state index is -0.231. The van der Waals surface area contributed by atoms with Gasteiger partial charge in [-0.25, -0.2) is 0 Å². The number of carbonyl (C=O) groups excluding carboxylic acids is 1. The Labute approximate surface area is 113 Å². The molecule has 0 N–H and O–H groups in total. The predicted octanol–water partition coefficient (Wildman–Crippen LogP) is 4.18. The molecule has 0 atom stereocenters. The van der Waals surface area contributed by atoms with Gasteiger partial charge in [0.2, 0.25) is 0 Å². The Morgan fingerprint density at radius 2 is 1.61 bits per heavy atom. The van der Waals surface area contributed by atoms with Crippen molar-refractivity contribution in [2.45, 2.75) is 84.1 Å². The summed E-state index contributed by atoms with van der Waals surface area (Å²) in [7, 11) is 0. The van der Waals surface area contributed by atoms with Crippen molar-refractivity contribution >= 4 is 5.78 Å². The number of hydrogen-bond acceptors (Lipinski definition) is 2. The summed E-state index contributed by atoms with van der Waals surface area (Å²) in [6, 6.07) is 0. The summed E-state index contributed by atoms with van der Waals surface area (Å²) in [5.41, 5.74) is -0.231. The standard InChI is InChI=1S/C16H31NO/c1-4-5-6-7-9-12-15(18)16(2,3)17-13-10-8-11-14-17/h4-14H2,1-3H3. The number of likely N-dealkylation sites (tertiary alicyclic amines) is 1. The second kappa shape index (κ2) is 7.93. The van der Waals surface area contributed by atoms with Gasteiger partial charge in [-0.3, -0.25) is 9.69 Å². The molecule has 0 saturated carbocycles. The molecule has 0 spiro atoms. The van der Waals surface area contributed by atoms with E-state index in [2.05, 4.69) is 25.7 Å². The molecule has 1 heterocycles. The summed E-state index contributed by atoms with van der Waals surface area (Å²) in [4.78, 5) is 14.7. The summed E-state index contributed by atoms with van der Waals surface area (Å²) in [6.07, 6.45) is 10.8. The fourth-order valence-electron chi connectivity index (χ4n) is 2.82. The zero-order valence-electron chi connectivity index (χ0n) is 12.6. The van der Waals surface area contributed by atoms with Crippen LogP contribution in [0, 0.1) is 0 Å². The number of rotatable bonds is 8. The summed E-state index contributed by atoms with van der Waals surface area (Å²) in [5, 5.41) is 0. The monoisotopic (exact) mass is 253 g/mol. The Bertz CT molecular complexity index is 241. The minimum absolute atomic E-state index is 0.231. The van der Waals surface area contributed by atoms with Crippen LogP contribution in [0.5, 0.6) is 0 Å². The summed E-state index contributed by atoms with van der Waals surface area (Å²) in [5.74, 6) is 0.445. The number of nitrogens with zero attached hydrogens (tertiary/aromatic N) is 1. The second-order valence-electron chi connectivity index (χ2n) is 6.19. The molecule has 1 aliphatic rings. The maximum atomic E-state index is 12.4. The molecule has 2 nitrogen and oxygen atoms in total. The normalized spacial score (nSPS) is 17.9. The summed E-state index contributed by atoms with van der Waals surface area (Å²) >= 11 is 0. The topological polar surface area (TPSA) is 20.3 Å². The lowest BCUT2D eigenvalue weighted by molar-refractivity contribution is -0.130. The fraction of sp³-hybridized carbons (Fsp3) is 0.938. The molecule has 1 aliphatic heterocycles. The zero-order valence-corrected chi connectivity index (χ0v) is 12.6. The van der Waals surface area contributed by atoms with E-state index in [4.69, 9.17) is 0 Å². The molecule has 2 heteroatoms. The lowest BCUT2D eigenvalue weighted by atomic mass is 9.90. The molecule has 0 unspecified atom stereocenters. The van der Waals surface area contributed by atoms with Crippen LogP contribution in [0.15, 0.2) is 0 Å². The molecule has 0 bridgehead atoms. The van der Waals surface area contributed by atoms with E-state index in [0.29, 0.717) is 5.78 Å². The third kappa shape index (κ3) is 4.72. The maximum Gasteiger partial charge on any atom is 0.152 e. The molecule has 0 radical (unpaired) electrons. The lowest BCUT2D eigenvalue weighted by Gasteiger charge is -2.39. The van der Waals surface area contributed by atoms with Gasteiger partial charge in [-0.15, -0.1) is 0 Å². The Morgan fingerprint density at radius 1 is 1.00 bits per heavy atom. The van der Waals surface area contributed by atoms with Crippen LogP contribution in [0.25, 0.3) is 0 Å². The van der Waals surface area contributed by atoms with E-state index in [1.54, 1.807) is 0 Å². The molecule has 106 valence electrons. The Kier molecular flexibility index (Phi) is 6.91. The fourth-order valence-corrected chi connectivity index (χ4v) is 2.82. The van der Waals surface area contributed by atoms with Gasteiger partial charge in [0, 0.05) is 6.42 Å². The molecule has 0 aliphatic carbocycles. The molecular weight excluding hydrogens is 222 g/mol. The number of piperidine rings is 1. The van der Waals surface area contributed by atoms with Crippen LogP contribution in [0.1, 0.15) is 78.6 Å². The molecule has 1 fully saturated rings. The Morgan fingerprint density at radius 3 is 2.22 bits per heavy atom. The second-order valence-corrected chi connectivity index (χ2v) is 6.19. The highest BCUT2D eigenvalue weighted by Crippen LogP contribution is 2.23. The van der Waals surface area contributed by atoms with Gasteiger partial charge in [0.1, 0.15) is 0 Å². The molecule has 18 heavy (non-hydrogen) atoms. The van der Waals surface area contributed by atoms with Crippen molar-refractivity contribution in [2.24, 2.45) is 0 Å². The van der Waals surface area contributed by atoms with Gasteiger partial charge >= 0.3 is 0 Å². The number of hydrogen-bond donors (Lipinski definition) is 0. The van der Waals surface area contributed by atoms with Crippen molar-refractivity contribution in [3.63, 3.8) is 0 Å². The Balaban J connectivity index is 2.29. The van der Waals surface area contributed by atoms with E-state index in [-0.39, 0.29) is 5.54 Å². The van der Waals surface area contributed by atoms with Gasteiger partial charge < -0.3 is 0 Å². The molecule has 1 rings (SSSR count). The van der Waals surface area contributed by atoms with Crippen LogP contribution in [0.4, 0.5) is 0 Å². The first-order chi connectivity index (χ1) is 8.59. The van der Waals surface area contributed by atoms with E-state index in [9.17, 15) is 4.79 Å². The number of unbranched alkanes of at least 4 members (excludes halogenated alkanes) is 4. The van der Waals surface area contributed by atoms with Crippen molar-refractivity contribution in [1.29, 1.82) is 0 Å². The highest BCUT2D eigenvalue weighted by atomic mass is 16.1. The van der Waals surface area contributed by atoms with E-state index >= 15 is 0 Å². The van der Waals surface area contributed by atoms with Crippen molar-refractivity contribution in [2.75, 3.05) is 13.1 Å². The quantitative estimate of drug-likeness (QED) is 0.605. The van der Waals surface area contributed by atoms with E-state index in [0.717, 1.165) is 25.9 Å². The predicted molar refractivity (Wildman–Crippen MR) is 77.9 cm³/mol. The van der Waals surface area contributed by atoms with Gasteiger partial charge in [-0.2, -0.15) is 0 Å². The van der Waals surface area contributed by atoms with Crippen molar-refractivity contribution in [1.82, 2.24) is 4.90 Å². The first kappa shape index (κ1) is 15.7. The van der Waals surface area contributed by atoms with Crippen molar-refractivity contribution in [3.8, 4) is 0 Å². The molecule has 0 aromatic rings. The molecule has 1 saturated heterocycles. The third-order valence-electron chi connectivity index (χ3n) is 4.34.